The van der Waals surface area contributed by atoms with Crippen molar-refractivity contribution in [3.8, 4) is 0 Å². The highest BCUT2D eigenvalue weighted by Crippen LogP contribution is 2.33. The molecule has 22 heavy (non-hydrogen) atoms. The first-order valence-electron chi connectivity index (χ1n) is 7.71. The van der Waals surface area contributed by atoms with Crippen LogP contribution in [0.2, 0.25) is 0 Å². The van der Waals surface area contributed by atoms with Crippen molar-refractivity contribution < 1.29 is 14.6 Å². The van der Waals surface area contributed by atoms with Gasteiger partial charge in [0, 0.05) is 6.42 Å². The molecule has 0 atom stereocenters. The van der Waals surface area contributed by atoms with Crippen LogP contribution in [0.15, 0.2) is 42.2 Å². The van der Waals surface area contributed by atoms with Gasteiger partial charge in [-0.3, -0.25) is 0 Å². The van der Waals surface area contributed by atoms with Crippen LogP contribution in [-0.4, -0.2) is 17.2 Å². The van der Waals surface area contributed by atoms with E-state index in [-0.39, 0.29) is 11.9 Å². The minimum atomic E-state index is -0.439. The molecule has 0 heterocycles. The number of hydrogen-bond acceptors (Lipinski definition) is 3. The summed E-state index contributed by atoms with van der Waals surface area (Å²) in [7, 11) is 0. The van der Waals surface area contributed by atoms with E-state index in [1.165, 1.54) is 0 Å². The minimum absolute atomic E-state index is 0.139. The van der Waals surface area contributed by atoms with Gasteiger partial charge >= 0.3 is 5.97 Å². The van der Waals surface area contributed by atoms with E-state index < -0.39 is 5.97 Å². The van der Waals surface area contributed by atoms with Gasteiger partial charge in [-0.15, -0.1) is 0 Å². The number of allylic oxidation sites excluding steroid dienone is 1. The maximum Gasteiger partial charge on any atom is 0.342 e. The van der Waals surface area contributed by atoms with Gasteiger partial charge in [0.25, 0.3) is 0 Å². The van der Waals surface area contributed by atoms with E-state index in [2.05, 4.69) is 12.1 Å². The number of esters is 1. The van der Waals surface area contributed by atoms with Gasteiger partial charge in [-0.2, -0.15) is 0 Å². The average molecular weight is 296 g/mol. The zero-order chi connectivity index (χ0) is 15.7. The predicted molar refractivity (Wildman–Crippen MR) is 87.7 cm³/mol. The third-order valence-electron chi connectivity index (χ3n) is 3.94. The molecule has 0 saturated carbocycles. The van der Waals surface area contributed by atoms with E-state index in [4.69, 9.17) is 4.74 Å². The molecule has 0 saturated heterocycles. The van der Waals surface area contributed by atoms with Gasteiger partial charge in [0.1, 0.15) is 11.3 Å². The molecule has 0 radical (unpaired) electrons. The van der Waals surface area contributed by atoms with Crippen molar-refractivity contribution in [3.05, 3.63) is 53.3 Å². The van der Waals surface area contributed by atoms with E-state index in [1.807, 2.05) is 38.1 Å². The van der Waals surface area contributed by atoms with Crippen molar-refractivity contribution in [1.29, 1.82) is 0 Å². The van der Waals surface area contributed by atoms with E-state index in [0.717, 1.165) is 34.7 Å². The van der Waals surface area contributed by atoms with E-state index in [1.54, 1.807) is 0 Å². The monoisotopic (exact) mass is 296 g/mol. The molecule has 114 valence electrons. The average Bonchev–Trinajstić information content (AvgIpc) is 2.62. The lowest BCUT2D eigenvalue weighted by Gasteiger charge is -2.14. The molecule has 3 rings (SSSR count). The molecule has 0 unspecified atom stereocenters. The standard InChI is InChI=1S/C19H20O3/c1-12(2)22-19(21)18-16-11-14-7-4-3-6-13(14)10-15(16)8-5-9-17(18)20/h3-4,6-7,10-12,20H,5,8-9H2,1-2H3. The largest absolute Gasteiger partial charge is 0.511 e. The summed E-state index contributed by atoms with van der Waals surface area (Å²) in [6, 6.07) is 12.2. The van der Waals surface area contributed by atoms with E-state index in [9.17, 15) is 9.90 Å². The van der Waals surface area contributed by atoms with Crippen LogP contribution in [0.3, 0.4) is 0 Å². The molecule has 0 spiro atoms. The highest BCUT2D eigenvalue weighted by atomic mass is 16.5. The second-order valence-corrected chi connectivity index (χ2v) is 5.99. The fraction of sp³-hybridized carbons (Fsp3) is 0.316. The molecule has 0 amide bonds. The Morgan fingerprint density at radius 1 is 1.14 bits per heavy atom. The van der Waals surface area contributed by atoms with Gasteiger partial charge in [0.2, 0.25) is 0 Å². The number of rotatable bonds is 2. The van der Waals surface area contributed by atoms with Crippen LogP contribution < -0.4 is 0 Å². The van der Waals surface area contributed by atoms with Crippen molar-refractivity contribution in [2.45, 2.75) is 39.2 Å². The van der Waals surface area contributed by atoms with Crippen LogP contribution in [0, 0.1) is 0 Å². The second-order valence-electron chi connectivity index (χ2n) is 5.99. The highest BCUT2D eigenvalue weighted by molar-refractivity contribution is 6.18. The third-order valence-corrected chi connectivity index (χ3v) is 3.94. The molecule has 1 aliphatic carbocycles. The lowest BCUT2D eigenvalue weighted by atomic mass is 9.94. The number of aryl methyl sites for hydroxylation is 1. The lowest BCUT2D eigenvalue weighted by Crippen LogP contribution is -2.15. The second kappa shape index (κ2) is 5.84. The SMILES string of the molecule is CC(C)OC(=O)C1=C(O)CCCc2cc3ccccc3cc21. The number of aliphatic hydroxyl groups is 1. The van der Waals surface area contributed by atoms with Crippen LogP contribution >= 0.6 is 0 Å². The Kier molecular flexibility index (Phi) is 3.88. The normalized spacial score (nSPS) is 14.9. The summed E-state index contributed by atoms with van der Waals surface area (Å²) >= 11 is 0. The minimum Gasteiger partial charge on any atom is -0.511 e. The first-order valence-corrected chi connectivity index (χ1v) is 7.71. The molecule has 3 nitrogen and oxygen atoms in total. The number of aliphatic hydroxyl groups excluding tert-OH is 1. The zero-order valence-corrected chi connectivity index (χ0v) is 12.9. The first-order chi connectivity index (χ1) is 10.6. The first kappa shape index (κ1) is 14.6. The topological polar surface area (TPSA) is 46.5 Å². The maximum atomic E-state index is 12.4. The van der Waals surface area contributed by atoms with Crippen LogP contribution in [0.25, 0.3) is 16.3 Å². The van der Waals surface area contributed by atoms with Crippen molar-refractivity contribution in [3.63, 3.8) is 0 Å². The van der Waals surface area contributed by atoms with Gasteiger partial charge in [0.05, 0.1) is 6.10 Å². The fourth-order valence-corrected chi connectivity index (χ4v) is 2.95. The molecule has 2 aromatic carbocycles. The van der Waals surface area contributed by atoms with E-state index in [0.29, 0.717) is 12.0 Å². The Bertz CT molecular complexity index is 756. The molecule has 0 aliphatic heterocycles. The molecule has 2 aromatic rings. The summed E-state index contributed by atoms with van der Waals surface area (Å²) in [4.78, 5) is 12.4. The Morgan fingerprint density at radius 3 is 2.50 bits per heavy atom. The predicted octanol–water partition coefficient (Wildman–Crippen LogP) is 4.40. The van der Waals surface area contributed by atoms with Gasteiger partial charge in [-0.05, 0) is 54.7 Å². The summed E-state index contributed by atoms with van der Waals surface area (Å²) in [5.74, 6) is -0.300. The summed E-state index contributed by atoms with van der Waals surface area (Å²) in [6.45, 7) is 3.63. The fourth-order valence-electron chi connectivity index (χ4n) is 2.95. The molecular formula is C19H20O3. The summed E-state index contributed by atoms with van der Waals surface area (Å²) < 4.78 is 5.33. The van der Waals surface area contributed by atoms with Gasteiger partial charge in [0.15, 0.2) is 0 Å². The Morgan fingerprint density at radius 2 is 1.82 bits per heavy atom. The highest BCUT2D eigenvalue weighted by Gasteiger charge is 2.25. The molecule has 0 aromatic heterocycles. The quantitative estimate of drug-likeness (QED) is 0.836. The van der Waals surface area contributed by atoms with Gasteiger partial charge < -0.3 is 9.84 Å². The van der Waals surface area contributed by atoms with Crippen LogP contribution in [0.1, 0.15) is 37.8 Å². The molecule has 0 fully saturated rings. The maximum absolute atomic E-state index is 12.4. The molecule has 1 N–H and O–H groups in total. The van der Waals surface area contributed by atoms with Gasteiger partial charge in [-0.25, -0.2) is 4.79 Å². The Balaban J connectivity index is 2.17. The number of carbonyl (C=O) groups excluding carboxylic acids is 1. The molecule has 0 bridgehead atoms. The lowest BCUT2D eigenvalue weighted by molar-refractivity contribution is -0.140. The van der Waals surface area contributed by atoms with Crippen LogP contribution in [0.5, 0.6) is 0 Å². The third kappa shape index (κ3) is 2.71. The summed E-state index contributed by atoms with van der Waals surface area (Å²) in [5, 5.41) is 12.5. The zero-order valence-electron chi connectivity index (χ0n) is 12.9. The Hall–Kier alpha value is -2.29. The van der Waals surface area contributed by atoms with Crippen molar-refractivity contribution in [2.24, 2.45) is 0 Å². The number of ether oxygens (including phenoxy) is 1. The summed E-state index contributed by atoms with van der Waals surface area (Å²) in [6.07, 6.45) is 1.98. The van der Waals surface area contributed by atoms with Gasteiger partial charge in [-0.1, -0.05) is 30.3 Å². The van der Waals surface area contributed by atoms with Crippen molar-refractivity contribution >= 4 is 22.3 Å². The van der Waals surface area contributed by atoms with E-state index >= 15 is 0 Å². The van der Waals surface area contributed by atoms with Crippen LogP contribution in [-0.2, 0) is 16.0 Å². The Labute approximate surface area is 130 Å². The molecule has 1 aliphatic rings. The smallest absolute Gasteiger partial charge is 0.342 e. The molecular weight excluding hydrogens is 276 g/mol. The number of hydrogen-bond donors (Lipinski definition) is 1. The number of benzene rings is 2. The van der Waals surface area contributed by atoms with Crippen LogP contribution in [0.4, 0.5) is 0 Å². The number of carbonyl (C=O) groups is 1. The molecule has 3 heteroatoms. The van der Waals surface area contributed by atoms with Crippen molar-refractivity contribution in [2.75, 3.05) is 0 Å². The van der Waals surface area contributed by atoms with Crippen molar-refractivity contribution in [1.82, 2.24) is 0 Å². The number of fused-ring (bicyclic) bond motifs is 2. The summed E-state index contributed by atoms with van der Waals surface area (Å²) in [5.41, 5.74) is 2.23.